The van der Waals surface area contributed by atoms with Crippen LogP contribution in [-0.2, 0) is 10.1 Å². The number of aliphatic hydroxyl groups is 1. The molecule has 1 unspecified atom stereocenters. The van der Waals surface area contributed by atoms with Crippen LogP contribution in [0.3, 0.4) is 0 Å². The second-order valence-electron chi connectivity index (χ2n) is 2.29. The topological polar surface area (TPSA) is 74.6 Å². The van der Waals surface area contributed by atoms with E-state index < -0.39 is 15.4 Å². The van der Waals surface area contributed by atoms with E-state index in [-0.39, 0.29) is 6.61 Å². The van der Waals surface area contributed by atoms with Gasteiger partial charge in [-0.25, -0.2) is 0 Å². The monoisotopic (exact) mass is 180 g/mol. The predicted molar refractivity (Wildman–Crippen MR) is 41.9 cm³/mol. The van der Waals surface area contributed by atoms with Crippen LogP contribution in [0.25, 0.3) is 0 Å². The molecular weight excluding hydrogens is 168 g/mol. The summed E-state index contributed by atoms with van der Waals surface area (Å²) in [6, 6.07) is 0. The fourth-order valence-electron chi connectivity index (χ4n) is 0.545. The minimum absolute atomic E-state index is 0.217. The van der Waals surface area contributed by atoms with Crippen LogP contribution in [0.2, 0.25) is 0 Å². The molecule has 1 atom stereocenters. The summed E-state index contributed by atoms with van der Waals surface area (Å²) in [6.07, 6.45) is 1.35. The summed E-state index contributed by atoms with van der Waals surface area (Å²) >= 11 is 0. The molecule has 0 radical (unpaired) electrons. The van der Waals surface area contributed by atoms with Gasteiger partial charge in [0.2, 0.25) is 0 Å². The van der Waals surface area contributed by atoms with Crippen molar-refractivity contribution in [3.63, 3.8) is 0 Å². The predicted octanol–water partition coefficient (Wildman–Crippen LogP) is 0.201. The largest absolute Gasteiger partial charge is 0.392 e. The number of hydrogen-bond acceptors (Lipinski definition) is 3. The molecule has 0 aromatic carbocycles. The molecule has 0 saturated heterocycles. The standard InChI is InChI=1S/C6H12O4S/c1-5(3-4-7)6(2)11(8,9)10/h3,6-7H,4H2,1-2H3,(H,8,9,10)/b5-3-. The summed E-state index contributed by atoms with van der Waals surface area (Å²) in [7, 11) is -4.00. The van der Waals surface area contributed by atoms with E-state index in [4.69, 9.17) is 9.66 Å². The lowest BCUT2D eigenvalue weighted by atomic mass is 10.2. The van der Waals surface area contributed by atoms with E-state index in [1.807, 2.05) is 0 Å². The summed E-state index contributed by atoms with van der Waals surface area (Å²) in [5, 5.41) is 7.46. The molecule has 0 spiro atoms. The Labute approximate surface area is 66.3 Å². The van der Waals surface area contributed by atoms with Crippen molar-refractivity contribution in [3.8, 4) is 0 Å². The van der Waals surface area contributed by atoms with Crippen molar-refractivity contribution < 1.29 is 18.1 Å². The molecule has 0 aliphatic heterocycles. The van der Waals surface area contributed by atoms with Crippen LogP contribution in [0.4, 0.5) is 0 Å². The molecule has 4 nitrogen and oxygen atoms in total. The lowest BCUT2D eigenvalue weighted by Gasteiger charge is -2.07. The van der Waals surface area contributed by atoms with Gasteiger partial charge in [-0.1, -0.05) is 11.6 Å². The number of rotatable bonds is 3. The summed E-state index contributed by atoms with van der Waals surface area (Å²) < 4.78 is 29.5. The Morgan fingerprint density at radius 1 is 1.64 bits per heavy atom. The zero-order valence-corrected chi connectivity index (χ0v) is 7.30. The highest BCUT2D eigenvalue weighted by Gasteiger charge is 2.18. The molecule has 2 N–H and O–H groups in total. The van der Waals surface area contributed by atoms with E-state index in [1.54, 1.807) is 0 Å². The Hall–Kier alpha value is -0.390. The first-order valence-electron chi connectivity index (χ1n) is 3.13. The van der Waals surface area contributed by atoms with Gasteiger partial charge in [0.15, 0.2) is 0 Å². The summed E-state index contributed by atoms with van der Waals surface area (Å²) in [4.78, 5) is 0. The van der Waals surface area contributed by atoms with E-state index in [0.717, 1.165) is 0 Å². The number of hydrogen-bond donors (Lipinski definition) is 2. The third kappa shape index (κ3) is 3.50. The van der Waals surface area contributed by atoms with Gasteiger partial charge in [-0.2, -0.15) is 8.42 Å². The lowest BCUT2D eigenvalue weighted by Crippen LogP contribution is -2.17. The summed E-state index contributed by atoms with van der Waals surface area (Å²) in [6.45, 7) is 2.68. The van der Waals surface area contributed by atoms with Gasteiger partial charge in [0, 0.05) is 0 Å². The summed E-state index contributed by atoms with van der Waals surface area (Å²) in [5.41, 5.74) is 0.440. The molecule has 0 heterocycles. The molecule has 66 valence electrons. The maximum atomic E-state index is 10.5. The van der Waals surface area contributed by atoms with Crippen molar-refractivity contribution in [2.24, 2.45) is 0 Å². The van der Waals surface area contributed by atoms with Crippen molar-refractivity contribution in [1.29, 1.82) is 0 Å². The first-order chi connectivity index (χ1) is 4.89. The maximum absolute atomic E-state index is 10.5. The van der Waals surface area contributed by atoms with Gasteiger partial charge in [-0.05, 0) is 13.8 Å². The smallest absolute Gasteiger partial charge is 0.271 e. The zero-order valence-electron chi connectivity index (χ0n) is 6.48. The molecule has 0 aliphatic carbocycles. The average molecular weight is 180 g/mol. The second-order valence-corrected chi connectivity index (χ2v) is 4.02. The molecule has 0 bridgehead atoms. The van der Waals surface area contributed by atoms with Gasteiger partial charge in [0.05, 0.1) is 6.61 Å². The van der Waals surface area contributed by atoms with Crippen molar-refractivity contribution >= 4 is 10.1 Å². The highest BCUT2D eigenvalue weighted by atomic mass is 32.2. The molecule has 0 fully saturated rings. The Morgan fingerprint density at radius 3 is 2.36 bits per heavy atom. The van der Waals surface area contributed by atoms with Crippen LogP contribution in [0.1, 0.15) is 13.8 Å². The van der Waals surface area contributed by atoms with Crippen molar-refractivity contribution in [2.75, 3.05) is 6.61 Å². The molecule has 0 rings (SSSR count). The minimum atomic E-state index is -4.00. The average Bonchev–Trinajstić information content (AvgIpc) is 1.85. The Morgan fingerprint density at radius 2 is 2.09 bits per heavy atom. The fraction of sp³-hybridized carbons (Fsp3) is 0.667. The van der Waals surface area contributed by atoms with Gasteiger partial charge in [-0.15, -0.1) is 0 Å². The Balaban J connectivity index is 4.51. The van der Waals surface area contributed by atoms with Crippen LogP contribution in [0.5, 0.6) is 0 Å². The van der Waals surface area contributed by atoms with Gasteiger partial charge in [0.25, 0.3) is 10.1 Å². The Kier molecular flexibility index (Phi) is 3.71. The van der Waals surface area contributed by atoms with Gasteiger partial charge in [-0.3, -0.25) is 4.55 Å². The molecular formula is C6H12O4S. The van der Waals surface area contributed by atoms with Crippen molar-refractivity contribution in [3.05, 3.63) is 11.6 Å². The van der Waals surface area contributed by atoms with Gasteiger partial charge in [0.1, 0.15) is 5.25 Å². The molecule has 0 aromatic rings. The first-order valence-corrected chi connectivity index (χ1v) is 4.63. The maximum Gasteiger partial charge on any atom is 0.271 e. The van der Waals surface area contributed by atoms with Crippen molar-refractivity contribution in [1.82, 2.24) is 0 Å². The first kappa shape index (κ1) is 10.6. The van der Waals surface area contributed by atoms with Gasteiger partial charge < -0.3 is 5.11 Å². The van der Waals surface area contributed by atoms with Crippen LogP contribution < -0.4 is 0 Å². The second kappa shape index (κ2) is 3.85. The third-order valence-corrected chi connectivity index (χ3v) is 2.77. The van der Waals surface area contributed by atoms with Crippen LogP contribution in [-0.4, -0.2) is 29.9 Å². The van der Waals surface area contributed by atoms with E-state index in [2.05, 4.69) is 0 Å². The highest BCUT2D eigenvalue weighted by molar-refractivity contribution is 7.86. The molecule has 0 aliphatic rings. The van der Waals surface area contributed by atoms with E-state index >= 15 is 0 Å². The molecule has 5 heteroatoms. The zero-order chi connectivity index (χ0) is 9.07. The molecule has 0 saturated carbocycles. The lowest BCUT2D eigenvalue weighted by molar-refractivity contribution is 0.341. The molecule has 0 aromatic heterocycles. The fourth-order valence-corrected chi connectivity index (χ4v) is 1.11. The number of aliphatic hydroxyl groups excluding tert-OH is 1. The minimum Gasteiger partial charge on any atom is -0.392 e. The van der Waals surface area contributed by atoms with Crippen LogP contribution in [0.15, 0.2) is 11.6 Å². The third-order valence-electron chi connectivity index (χ3n) is 1.50. The van der Waals surface area contributed by atoms with Gasteiger partial charge >= 0.3 is 0 Å². The van der Waals surface area contributed by atoms with Crippen LogP contribution in [0, 0.1) is 0 Å². The van der Waals surface area contributed by atoms with Crippen LogP contribution >= 0.6 is 0 Å². The van der Waals surface area contributed by atoms with E-state index in [0.29, 0.717) is 5.57 Å². The normalized spacial score (nSPS) is 16.5. The SMILES string of the molecule is C/C(=C/CO)C(C)S(=O)(=O)O. The van der Waals surface area contributed by atoms with E-state index in [9.17, 15) is 8.42 Å². The van der Waals surface area contributed by atoms with Crippen molar-refractivity contribution in [2.45, 2.75) is 19.1 Å². The molecule has 0 amide bonds. The molecule has 11 heavy (non-hydrogen) atoms. The summed E-state index contributed by atoms with van der Waals surface area (Å²) in [5.74, 6) is 0. The Bertz CT molecular complexity index is 239. The van der Waals surface area contributed by atoms with E-state index in [1.165, 1.54) is 19.9 Å². The highest BCUT2D eigenvalue weighted by Crippen LogP contribution is 2.08. The quantitative estimate of drug-likeness (QED) is 0.480.